The largest absolute Gasteiger partial charge is 0.410 e. The van der Waals surface area contributed by atoms with E-state index in [-0.39, 0.29) is 11.5 Å². The quantitative estimate of drug-likeness (QED) is 0.396. The van der Waals surface area contributed by atoms with E-state index in [1.807, 2.05) is 24.3 Å². The molecule has 0 aliphatic rings. The summed E-state index contributed by atoms with van der Waals surface area (Å²) in [6, 6.07) is 11.4. The maximum atomic E-state index is 12.0. The molecule has 8 heteroatoms. The van der Waals surface area contributed by atoms with Gasteiger partial charge in [0.25, 0.3) is 11.1 Å². The van der Waals surface area contributed by atoms with Gasteiger partial charge in [0.05, 0.1) is 16.5 Å². The van der Waals surface area contributed by atoms with Crippen LogP contribution in [0.15, 0.2) is 52.2 Å². The Kier molecular flexibility index (Phi) is 4.13. The van der Waals surface area contributed by atoms with Crippen LogP contribution in [-0.4, -0.2) is 26.7 Å². The van der Waals surface area contributed by atoms with Gasteiger partial charge in [-0.05, 0) is 18.2 Å². The molecule has 0 radical (unpaired) electrons. The predicted octanol–water partition coefficient (Wildman–Crippen LogP) is 4.91. The molecule has 4 rings (SSSR count). The highest BCUT2D eigenvalue weighted by atomic mass is 35.5. The van der Waals surface area contributed by atoms with Crippen molar-refractivity contribution in [1.29, 1.82) is 0 Å². The fourth-order valence-corrected chi connectivity index (χ4v) is 4.30. The Labute approximate surface area is 150 Å². The molecule has 0 saturated heterocycles. The van der Waals surface area contributed by atoms with Crippen molar-refractivity contribution in [2.75, 3.05) is 5.75 Å². The molecule has 5 nitrogen and oxygen atoms in total. The molecule has 120 valence electrons. The number of thioether (sulfide) groups is 1. The molecule has 0 amide bonds. The minimum absolute atomic E-state index is 0.0235. The molecule has 24 heavy (non-hydrogen) atoms. The van der Waals surface area contributed by atoms with Gasteiger partial charge in [0.1, 0.15) is 4.88 Å². The van der Waals surface area contributed by atoms with Gasteiger partial charge < -0.3 is 9.40 Å². The Morgan fingerprint density at radius 2 is 2.12 bits per heavy atom. The molecule has 1 N–H and O–H groups in total. The highest BCUT2D eigenvalue weighted by Gasteiger charge is 2.18. The van der Waals surface area contributed by atoms with E-state index in [2.05, 4.69) is 15.2 Å². The van der Waals surface area contributed by atoms with Crippen molar-refractivity contribution in [2.45, 2.75) is 5.22 Å². The summed E-state index contributed by atoms with van der Waals surface area (Å²) in [5.74, 6) is 0.572. The summed E-state index contributed by atoms with van der Waals surface area (Å²) in [5, 5.41) is 9.96. The molecular formula is C16H10ClN3O2S2. The first-order chi connectivity index (χ1) is 11.7. The van der Waals surface area contributed by atoms with Gasteiger partial charge in [-0.15, -0.1) is 21.5 Å². The number of carbonyl (C=O) groups excluding carboxylic acids is 1. The number of halogens is 1. The van der Waals surface area contributed by atoms with E-state index in [9.17, 15) is 4.79 Å². The number of carbonyl (C=O) groups is 1. The smallest absolute Gasteiger partial charge is 0.277 e. The van der Waals surface area contributed by atoms with Crippen LogP contribution < -0.4 is 0 Å². The van der Waals surface area contributed by atoms with Gasteiger partial charge >= 0.3 is 0 Å². The second-order valence-corrected chi connectivity index (χ2v) is 7.27. The minimum atomic E-state index is -0.0235. The SMILES string of the molecule is O=C(CSc1nnc(-c2sc3ccccc3c2Cl)o1)c1ccc[nH]1. The number of nitrogens with zero attached hydrogens (tertiary/aromatic N) is 2. The summed E-state index contributed by atoms with van der Waals surface area (Å²) in [7, 11) is 0. The van der Waals surface area contributed by atoms with Gasteiger partial charge in [0.2, 0.25) is 0 Å². The highest BCUT2D eigenvalue weighted by molar-refractivity contribution is 7.99. The second kappa shape index (κ2) is 6.43. The van der Waals surface area contributed by atoms with Crippen molar-refractivity contribution in [3.8, 4) is 10.8 Å². The topological polar surface area (TPSA) is 71.8 Å². The number of aromatic amines is 1. The molecule has 0 aliphatic heterocycles. The third-order valence-corrected chi connectivity index (χ3v) is 5.84. The number of nitrogens with one attached hydrogen (secondary N) is 1. The molecule has 4 aromatic rings. The molecule has 3 aromatic heterocycles. The van der Waals surface area contributed by atoms with Crippen molar-refractivity contribution < 1.29 is 9.21 Å². The number of hydrogen-bond donors (Lipinski definition) is 1. The van der Waals surface area contributed by atoms with Gasteiger partial charge in [-0.1, -0.05) is 41.6 Å². The first kappa shape index (κ1) is 15.4. The zero-order valence-corrected chi connectivity index (χ0v) is 14.5. The van der Waals surface area contributed by atoms with Crippen LogP contribution in [-0.2, 0) is 0 Å². The van der Waals surface area contributed by atoms with Crippen LogP contribution in [0.1, 0.15) is 10.5 Å². The van der Waals surface area contributed by atoms with Crippen molar-refractivity contribution in [3.05, 3.63) is 53.3 Å². The first-order valence-corrected chi connectivity index (χ1v) is 9.20. The molecular weight excluding hydrogens is 366 g/mol. The molecule has 1 aromatic carbocycles. The fraction of sp³-hybridized carbons (Fsp3) is 0.0625. The zero-order chi connectivity index (χ0) is 16.5. The van der Waals surface area contributed by atoms with Crippen LogP contribution in [0.3, 0.4) is 0 Å². The van der Waals surface area contributed by atoms with Gasteiger partial charge in [-0.3, -0.25) is 4.79 Å². The predicted molar refractivity (Wildman–Crippen MR) is 96.0 cm³/mol. The van der Waals surface area contributed by atoms with Crippen LogP contribution in [0, 0.1) is 0 Å². The van der Waals surface area contributed by atoms with Crippen molar-refractivity contribution >= 4 is 50.6 Å². The highest BCUT2D eigenvalue weighted by Crippen LogP contribution is 2.41. The first-order valence-electron chi connectivity index (χ1n) is 7.02. The van der Waals surface area contributed by atoms with Crippen LogP contribution in [0.2, 0.25) is 5.02 Å². The van der Waals surface area contributed by atoms with Crippen LogP contribution in [0.5, 0.6) is 0 Å². The number of aromatic nitrogens is 3. The summed E-state index contributed by atoms with van der Waals surface area (Å²) in [4.78, 5) is 15.6. The van der Waals surface area contributed by atoms with E-state index in [0.29, 0.717) is 21.8 Å². The summed E-state index contributed by atoms with van der Waals surface area (Å²) in [6.45, 7) is 0. The summed E-state index contributed by atoms with van der Waals surface area (Å²) >= 11 is 9.12. The van der Waals surface area contributed by atoms with Gasteiger partial charge in [0.15, 0.2) is 5.78 Å². The van der Waals surface area contributed by atoms with Crippen molar-refractivity contribution in [2.24, 2.45) is 0 Å². The molecule has 0 saturated carbocycles. The number of thiophene rings is 1. The Hall–Kier alpha value is -2.09. The lowest BCUT2D eigenvalue weighted by atomic mass is 10.2. The van der Waals surface area contributed by atoms with Crippen LogP contribution in [0.4, 0.5) is 0 Å². The molecule has 0 unspecified atom stereocenters. The van der Waals surface area contributed by atoms with E-state index in [4.69, 9.17) is 16.0 Å². The number of hydrogen-bond acceptors (Lipinski definition) is 6. The number of H-pyrrole nitrogens is 1. The molecule has 0 atom stereocenters. The normalized spacial score (nSPS) is 11.2. The Morgan fingerprint density at radius 3 is 2.92 bits per heavy atom. The number of fused-ring (bicyclic) bond motifs is 1. The van der Waals surface area contributed by atoms with Gasteiger partial charge in [-0.2, -0.15) is 0 Å². The molecule has 3 heterocycles. The molecule has 0 bridgehead atoms. The van der Waals surface area contributed by atoms with Crippen LogP contribution >= 0.6 is 34.7 Å². The number of Topliss-reactive ketones (excluding diaryl/α,β-unsaturated/α-hetero) is 1. The second-order valence-electron chi connectivity index (χ2n) is 4.91. The summed E-state index contributed by atoms with van der Waals surface area (Å²) in [5.41, 5.74) is 0.565. The fourth-order valence-electron chi connectivity index (χ4n) is 2.22. The lowest BCUT2D eigenvalue weighted by Gasteiger charge is -1.94. The average molecular weight is 376 g/mol. The third-order valence-electron chi connectivity index (χ3n) is 3.36. The van der Waals surface area contributed by atoms with E-state index in [0.717, 1.165) is 15.0 Å². The van der Waals surface area contributed by atoms with Crippen LogP contribution in [0.25, 0.3) is 20.9 Å². The Morgan fingerprint density at radius 1 is 1.25 bits per heavy atom. The third kappa shape index (κ3) is 2.86. The Bertz CT molecular complexity index is 1010. The lowest BCUT2D eigenvalue weighted by molar-refractivity contribution is 0.101. The Balaban J connectivity index is 1.54. The van der Waals surface area contributed by atoms with Crippen molar-refractivity contribution in [1.82, 2.24) is 15.2 Å². The maximum Gasteiger partial charge on any atom is 0.277 e. The zero-order valence-electron chi connectivity index (χ0n) is 12.2. The number of rotatable bonds is 5. The molecule has 0 fully saturated rings. The number of benzene rings is 1. The standard InChI is InChI=1S/C16H10ClN3O2S2/c17-13-9-4-1-2-6-12(9)24-14(13)15-19-20-16(22-15)23-8-11(21)10-5-3-7-18-10/h1-7,18H,8H2. The number of ketones is 1. The van der Waals surface area contributed by atoms with Gasteiger partial charge in [-0.25, -0.2) is 0 Å². The monoisotopic (exact) mass is 375 g/mol. The summed E-state index contributed by atoms with van der Waals surface area (Å²) in [6.07, 6.45) is 1.71. The van der Waals surface area contributed by atoms with E-state index in [1.165, 1.54) is 23.1 Å². The van der Waals surface area contributed by atoms with E-state index < -0.39 is 0 Å². The average Bonchev–Trinajstić information content (AvgIpc) is 3.33. The maximum absolute atomic E-state index is 12.0. The minimum Gasteiger partial charge on any atom is -0.410 e. The lowest BCUT2D eigenvalue weighted by Crippen LogP contribution is -2.02. The van der Waals surface area contributed by atoms with Gasteiger partial charge in [0, 0.05) is 16.3 Å². The van der Waals surface area contributed by atoms with E-state index >= 15 is 0 Å². The molecule has 0 aliphatic carbocycles. The summed E-state index contributed by atoms with van der Waals surface area (Å²) < 4.78 is 6.71. The molecule has 0 spiro atoms. The van der Waals surface area contributed by atoms with E-state index in [1.54, 1.807) is 18.3 Å². The van der Waals surface area contributed by atoms with Crippen molar-refractivity contribution in [3.63, 3.8) is 0 Å².